The van der Waals surface area contributed by atoms with E-state index in [9.17, 15) is 0 Å². The van der Waals surface area contributed by atoms with Gasteiger partial charge in [0.25, 0.3) is 0 Å². The minimum absolute atomic E-state index is 0. The van der Waals surface area contributed by atoms with E-state index in [1.54, 1.807) is 5.57 Å². The maximum Gasteiger partial charge on any atom is 2.00 e. The topological polar surface area (TPSA) is 0 Å². The molecule has 17 heavy (non-hydrogen) atoms. The molecule has 0 aromatic heterocycles. The molecule has 90 valence electrons. The molecule has 2 aromatic carbocycles. The van der Waals surface area contributed by atoms with Gasteiger partial charge in [-0.1, -0.05) is 19.3 Å². The predicted molar refractivity (Wildman–Crippen MR) is 70.5 cm³/mol. The van der Waals surface area contributed by atoms with E-state index in [-0.39, 0.29) is 17.1 Å². The second kappa shape index (κ2) is 8.11. The second-order valence-electron chi connectivity index (χ2n) is 4.11. The molecule has 1 aliphatic rings. The Labute approximate surface area is 115 Å². The molecule has 1 aliphatic carbocycles. The Morgan fingerprint density at radius 2 is 1.65 bits per heavy atom. The van der Waals surface area contributed by atoms with Crippen molar-refractivity contribution in [3.05, 3.63) is 66.2 Å². The van der Waals surface area contributed by atoms with Crippen molar-refractivity contribution in [3.8, 4) is 0 Å². The van der Waals surface area contributed by atoms with Crippen LogP contribution in [0.1, 0.15) is 31.2 Å². The molecule has 0 radical (unpaired) electrons. The summed E-state index contributed by atoms with van der Waals surface area (Å²) in [6.07, 6.45) is 7.70. The van der Waals surface area contributed by atoms with Crippen molar-refractivity contribution in [3.63, 3.8) is 0 Å². The van der Waals surface area contributed by atoms with Gasteiger partial charge in [-0.05, 0) is 6.42 Å². The van der Waals surface area contributed by atoms with Crippen molar-refractivity contribution in [2.45, 2.75) is 25.7 Å². The Bertz CT molecular complexity index is 375. The van der Waals surface area contributed by atoms with Crippen LogP contribution in [0.2, 0.25) is 0 Å². The summed E-state index contributed by atoms with van der Waals surface area (Å²) in [5.41, 5.74) is 2.99. The summed E-state index contributed by atoms with van der Waals surface area (Å²) in [5.74, 6) is 0. The van der Waals surface area contributed by atoms with E-state index in [0.717, 1.165) is 0 Å². The zero-order valence-corrected chi connectivity index (χ0v) is 11.1. The summed E-state index contributed by atoms with van der Waals surface area (Å²) >= 11 is 0. The Morgan fingerprint density at radius 3 is 2.12 bits per heavy atom. The molecule has 0 aliphatic heterocycles. The largest absolute Gasteiger partial charge is 2.00 e. The second-order valence-corrected chi connectivity index (χ2v) is 4.11. The van der Waals surface area contributed by atoms with Crippen LogP contribution in [0.25, 0.3) is 5.57 Å². The minimum Gasteiger partial charge on any atom is -0.214 e. The Morgan fingerprint density at radius 1 is 0.941 bits per heavy atom. The fourth-order valence-electron chi connectivity index (χ4n) is 2.01. The average molecular weight is 266 g/mol. The summed E-state index contributed by atoms with van der Waals surface area (Å²) in [4.78, 5) is 0. The van der Waals surface area contributed by atoms with Gasteiger partial charge < -0.3 is 0 Å². The quantitative estimate of drug-likeness (QED) is 0.515. The molecule has 2 aromatic rings. The molecule has 0 N–H and O–H groups in total. The first-order valence-electron chi connectivity index (χ1n) is 6.04. The summed E-state index contributed by atoms with van der Waals surface area (Å²) in [5, 5.41) is 0. The summed E-state index contributed by atoms with van der Waals surface area (Å²) in [7, 11) is 0. The molecule has 0 saturated heterocycles. The first kappa shape index (κ1) is 14.0. The van der Waals surface area contributed by atoms with Gasteiger partial charge in [0.05, 0.1) is 0 Å². The van der Waals surface area contributed by atoms with Crippen LogP contribution in [-0.2, 0) is 17.1 Å². The third kappa shape index (κ3) is 4.77. The molecule has 0 saturated carbocycles. The van der Waals surface area contributed by atoms with Gasteiger partial charge in [0.1, 0.15) is 0 Å². The van der Waals surface area contributed by atoms with Crippen LogP contribution in [0.15, 0.2) is 60.7 Å². The average Bonchev–Trinajstić information content (AvgIpc) is 3.07. The normalized spacial score (nSPS) is 14.0. The van der Waals surface area contributed by atoms with Crippen LogP contribution < -0.4 is 0 Å². The van der Waals surface area contributed by atoms with E-state index in [2.05, 4.69) is 30.3 Å². The molecule has 0 nitrogen and oxygen atoms in total. The summed E-state index contributed by atoms with van der Waals surface area (Å²) < 4.78 is 0. The van der Waals surface area contributed by atoms with E-state index in [1.165, 1.54) is 31.2 Å². The fourth-order valence-corrected chi connectivity index (χ4v) is 2.01. The molecular weight excluding hydrogens is 248 g/mol. The van der Waals surface area contributed by atoms with Gasteiger partial charge in [0, 0.05) is 0 Å². The van der Waals surface area contributed by atoms with Crippen LogP contribution in [0, 0.1) is 0 Å². The molecule has 0 bridgehead atoms. The van der Waals surface area contributed by atoms with E-state index < -0.39 is 0 Å². The Balaban J connectivity index is 0.000000205. The third-order valence-electron chi connectivity index (χ3n) is 2.88. The van der Waals surface area contributed by atoms with Gasteiger partial charge in [-0.25, -0.2) is 12.1 Å². The van der Waals surface area contributed by atoms with Crippen LogP contribution in [0.3, 0.4) is 0 Å². The summed E-state index contributed by atoms with van der Waals surface area (Å²) in [6, 6.07) is 18.6. The number of hydrogen-bond acceptors (Lipinski definition) is 0. The van der Waals surface area contributed by atoms with Crippen molar-refractivity contribution in [1.29, 1.82) is 0 Å². The molecule has 0 atom stereocenters. The van der Waals surface area contributed by atoms with E-state index in [0.29, 0.717) is 0 Å². The minimum atomic E-state index is 0. The number of allylic oxidation sites excluding steroid dienone is 2. The van der Waals surface area contributed by atoms with Crippen LogP contribution in [0.4, 0.5) is 0 Å². The van der Waals surface area contributed by atoms with Gasteiger partial charge in [-0.2, -0.15) is 36.4 Å². The van der Waals surface area contributed by atoms with Gasteiger partial charge in [-0.15, -0.1) is 23.3 Å². The first-order chi connectivity index (χ1) is 7.97. The van der Waals surface area contributed by atoms with E-state index in [1.807, 2.05) is 30.3 Å². The van der Waals surface area contributed by atoms with Crippen molar-refractivity contribution in [2.24, 2.45) is 0 Å². The molecular formula is C16H18Fe. The molecule has 0 spiro atoms. The standard InChI is InChI=1S/C11H13.C5H5.Fe/c1-2-6-10(7-3-1)11-8-4-5-9-11;1-2-4-5-3-1;/h4-6,8-9H,1-3,7H2;1-5H;/q2*-1;+2. The fraction of sp³-hybridized carbons (Fsp3) is 0.250. The molecule has 0 heterocycles. The zero-order chi connectivity index (χ0) is 11.1. The molecule has 0 amide bonds. The van der Waals surface area contributed by atoms with Gasteiger partial charge >= 0.3 is 17.1 Å². The van der Waals surface area contributed by atoms with Gasteiger partial charge in [-0.3, -0.25) is 0 Å². The van der Waals surface area contributed by atoms with Crippen molar-refractivity contribution in [2.75, 3.05) is 0 Å². The zero-order valence-electron chi connectivity index (χ0n) is 9.96. The molecule has 1 heteroatoms. The van der Waals surface area contributed by atoms with Crippen LogP contribution in [0.5, 0.6) is 0 Å². The SMILES string of the molecule is C1=C([c-]2cccc2)CCCC1.[Fe+2].c1cc[cH-]c1. The molecule has 3 rings (SSSR count). The van der Waals surface area contributed by atoms with Crippen LogP contribution >= 0.6 is 0 Å². The summed E-state index contributed by atoms with van der Waals surface area (Å²) in [6.45, 7) is 0. The number of hydrogen-bond donors (Lipinski definition) is 0. The maximum atomic E-state index is 2.39. The van der Waals surface area contributed by atoms with Gasteiger partial charge in [0.15, 0.2) is 0 Å². The smallest absolute Gasteiger partial charge is 0.214 e. The Hall–Kier alpha value is -1.04. The third-order valence-corrected chi connectivity index (χ3v) is 2.88. The van der Waals surface area contributed by atoms with Crippen molar-refractivity contribution >= 4 is 5.57 Å². The van der Waals surface area contributed by atoms with Crippen molar-refractivity contribution in [1.82, 2.24) is 0 Å². The van der Waals surface area contributed by atoms with Crippen molar-refractivity contribution < 1.29 is 17.1 Å². The maximum absolute atomic E-state index is 2.39. The van der Waals surface area contributed by atoms with Gasteiger partial charge in [0.2, 0.25) is 0 Å². The van der Waals surface area contributed by atoms with E-state index >= 15 is 0 Å². The first-order valence-corrected chi connectivity index (χ1v) is 6.04. The van der Waals surface area contributed by atoms with Crippen LogP contribution in [-0.4, -0.2) is 0 Å². The number of rotatable bonds is 1. The van der Waals surface area contributed by atoms with E-state index in [4.69, 9.17) is 0 Å². The monoisotopic (exact) mass is 266 g/mol. The molecule has 0 fully saturated rings. The molecule has 0 unspecified atom stereocenters. The predicted octanol–water partition coefficient (Wildman–Crippen LogP) is 4.77. The Kier molecular flexibility index (Phi) is 6.69.